The van der Waals surface area contributed by atoms with Crippen molar-refractivity contribution >= 4 is 11.5 Å². The van der Waals surface area contributed by atoms with E-state index in [-0.39, 0.29) is 25.1 Å². The van der Waals surface area contributed by atoms with E-state index < -0.39 is 65.3 Å². The van der Waals surface area contributed by atoms with Gasteiger partial charge in [0.05, 0.1) is 18.1 Å². The number of nitrogens with one attached hydrogen (secondary N) is 1. The van der Waals surface area contributed by atoms with Crippen molar-refractivity contribution in [2.75, 3.05) is 19.9 Å². The highest BCUT2D eigenvalue weighted by molar-refractivity contribution is 6.20. The van der Waals surface area contributed by atoms with Crippen LogP contribution in [0.1, 0.15) is 17.5 Å². The van der Waals surface area contributed by atoms with Gasteiger partial charge in [0.2, 0.25) is 0 Å². The van der Waals surface area contributed by atoms with Gasteiger partial charge in [-0.15, -0.1) is 0 Å². The molecule has 170 valence electrons. The van der Waals surface area contributed by atoms with Crippen LogP contribution in [0.2, 0.25) is 0 Å². The summed E-state index contributed by atoms with van der Waals surface area (Å²) >= 11 is 0. The predicted molar refractivity (Wildman–Crippen MR) is 87.9 cm³/mol. The van der Waals surface area contributed by atoms with Crippen molar-refractivity contribution in [1.82, 2.24) is 5.32 Å². The lowest BCUT2D eigenvalue weighted by Crippen LogP contribution is -2.50. The second-order valence-electron chi connectivity index (χ2n) is 6.51. The third-order valence-electron chi connectivity index (χ3n) is 4.32. The van der Waals surface area contributed by atoms with Gasteiger partial charge in [0.1, 0.15) is 19.1 Å². The number of halogens is 9. The molecule has 1 aliphatic heterocycles. The molecule has 0 unspecified atom stereocenters. The smallest absolute Gasteiger partial charge is 0.460 e. The zero-order valence-corrected chi connectivity index (χ0v) is 15.3. The zero-order chi connectivity index (χ0) is 23.7. The van der Waals surface area contributed by atoms with Crippen molar-refractivity contribution in [1.29, 1.82) is 5.26 Å². The lowest BCUT2D eigenvalue weighted by molar-refractivity contribution is -0.359. The first kappa shape index (κ1) is 24.4. The normalized spacial score (nSPS) is 15.9. The van der Waals surface area contributed by atoms with Crippen LogP contribution in [0.3, 0.4) is 0 Å². The maximum absolute atomic E-state index is 14.1. The van der Waals surface area contributed by atoms with Crippen molar-refractivity contribution in [3.63, 3.8) is 0 Å². The first-order valence-electron chi connectivity index (χ1n) is 8.42. The number of hydrogen-bond donors (Lipinski definition) is 1. The van der Waals surface area contributed by atoms with Gasteiger partial charge in [0.15, 0.2) is 5.60 Å². The quantitative estimate of drug-likeness (QED) is 0.483. The first-order valence-corrected chi connectivity index (χ1v) is 8.42. The summed E-state index contributed by atoms with van der Waals surface area (Å²) in [7, 11) is 0. The summed E-state index contributed by atoms with van der Waals surface area (Å²) in [5.41, 5.74) is -5.51. The number of carbonyl (C=O) groups excluding carboxylic acids is 1. The van der Waals surface area contributed by atoms with Gasteiger partial charge >= 0.3 is 18.0 Å². The molecule has 0 spiro atoms. The average Bonchev–Trinajstić information content (AvgIpc) is 2.71. The molecule has 1 aromatic rings. The second kappa shape index (κ2) is 8.32. The van der Waals surface area contributed by atoms with E-state index in [2.05, 4.69) is 5.32 Å². The van der Waals surface area contributed by atoms with Crippen molar-refractivity contribution in [2.45, 2.75) is 30.0 Å². The van der Waals surface area contributed by atoms with Gasteiger partial charge in [0.25, 0.3) is 5.91 Å². The molecule has 0 bridgehead atoms. The van der Waals surface area contributed by atoms with Crippen LogP contribution in [-0.4, -0.2) is 43.5 Å². The van der Waals surface area contributed by atoms with Gasteiger partial charge in [-0.05, 0) is 24.3 Å². The Balaban J connectivity index is 2.61. The number of benzene rings is 1. The summed E-state index contributed by atoms with van der Waals surface area (Å²) in [4.78, 5) is 12.4. The number of fused-ring (bicyclic) bond motifs is 1. The van der Waals surface area contributed by atoms with E-state index >= 15 is 0 Å². The number of alkyl halides is 9. The van der Waals surface area contributed by atoms with Gasteiger partial charge < -0.3 is 10.1 Å². The molecular formula is C18H13F9N2O2. The number of carbonyl (C=O) groups is 1. The standard InChI is InChI=1S/C18H13F9N2O2/c19-8-15(9-20)7-12(14(30)29-5-1-4-28)11-6-10(2-3-13(11)31-15)16(21,22)17(23,24)18(25,26)27/h2-3,6-7H,1,5,8-9H2,(H,29,30). The highest BCUT2D eigenvalue weighted by atomic mass is 19.4. The molecule has 1 aromatic carbocycles. The molecule has 31 heavy (non-hydrogen) atoms. The number of nitriles is 1. The fourth-order valence-electron chi connectivity index (χ4n) is 2.66. The summed E-state index contributed by atoms with van der Waals surface area (Å²) in [6, 6.07) is 2.52. The van der Waals surface area contributed by atoms with Crippen molar-refractivity contribution in [3.05, 3.63) is 35.4 Å². The lowest BCUT2D eigenvalue weighted by Gasteiger charge is -2.34. The van der Waals surface area contributed by atoms with E-state index in [1.807, 2.05) is 0 Å². The molecule has 0 saturated heterocycles. The molecular weight excluding hydrogens is 447 g/mol. The lowest BCUT2D eigenvalue weighted by atomic mass is 9.90. The molecule has 13 heteroatoms. The monoisotopic (exact) mass is 460 g/mol. The Morgan fingerprint density at radius 2 is 1.71 bits per heavy atom. The molecule has 1 amide bonds. The summed E-state index contributed by atoms with van der Waals surface area (Å²) in [5, 5.41) is 10.6. The minimum atomic E-state index is -6.59. The number of nitrogens with zero attached hydrogens (tertiary/aromatic N) is 1. The van der Waals surface area contributed by atoms with Crippen LogP contribution in [0.5, 0.6) is 5.75 Å². The van der Waals surface area contributed by atoms with Crippen LogP contribution >= 0.6 is 0 Å². The molecule has 4 nitrogen and oxygen atoms in total. The summed E-state index contributed by atoms with van der Waals surface area (Å²) in [6.45, 7) is -3.28. The van der Waals surface area contributed by atoms with E-state index in [4.69, 9.17) is 10.00 Å². The van der Waals surface area contributed by atoms with E-state index in [1.165, 1.54) is 0 Å². The number of ether oxygens (including phenoxy) is 1. The van der Waals surface area contributed by atoms with E-state index in [0.717, 1.165) is 0 Å². The number of amides is 1. The molecule has 0 aliphatic carbocycles. The summed E-state index contributed by atoms with van der Waals surface area (Å²) < 4.78 is 124. The van der Waals surface area contributed by atoms with E-state index in [9.17, 15) is 44.3 Å². The molecule has 0 saturated carbocycles. The maximum atomic E-state index is 14.1. The Labute approximate surface area is 169 Å². The Morgan fingerprint density at radius 3 is 2.23 bits per heavy atom. The van der Waals surface area contributed by atoms with Gasteiger partial charge in [-0.2, -0.15) is 36.0 Å². The van der Waals surface area contributed by atoms with Gasteiger partial charge in [-0.25, -0.2) is 8.78 Å². The van der Waals surface area contributed by atoms with E-state index in [0.29, 0.717) is 12.1 Å². The van der Waals surface area contributed by atoms with Crippen LogP contribution in [-0.2, 0) is 10.7 Å². The second-order valence-corrected chi connectivity index (χ2v) is 6.51. The molecule has 1 heterocycles. The van der Waals surface area contributed by atoms with Crippen LogP contribution < -0.4 is 10.1 Å². The minimum Gasteiger partial charge on any atom is -0.477 e. The summed E-state index contributed by atoms with van der Waals surface area (Å²) in [6.07, 6.45) is -6.20. The molecule has 0 aromatic heterocycles. The van der Waals surface area contributed by atoms with E-state index in [1.54, 1.807) is 6.07 Å². The Kier molecular flexibility index (Phi) is 6.53. The Hall–Kier alpha value is -2.91. The van der Waals surface area contributed by atoms with Crippen molar-refractivity contribution in [2.24, 2.45) is 0 Å². The number of hydrogen-bond acceptors (Lipinski definition) is 3. The molecule has 0 fully saturated rings. The summed E-state index contributed by atoms with van der Waals surface area (Å²) in [5.74, 6) is -13.9. The Morgan fingerprint density at radius 1 is 1.10 bits per heavy atom. The van der Waals surface area contributed by atoms with Crippen LogP contribution in [0.4, 0.5) is 39.5 Å². The van der Waals surface area contributed by atoms with Crippen LogP contribution in [0.25, 0.3) is 5.57 Å². The SMILES string of the molecule is N#CCCNC(=O)C1=CC(CF)(CF)Oc2ccc(C(F)(F)C(F)(F)C(F)(F)F)cc21. The topological polar surface area (TPSA) is 62.1 Å². The van der Waals surface area contributed by atoms with Crippen LogP contribution in [0, 0.1) is 11.3 Å². The average molecular weight is 460 g/mol. The van der Waals surface area contributed by atoms with Crippen molar-refractivity contribution < 1.29 is 49.0 Å². The zero-order valence-electron chi connectivity index (χ0n) is 15.3. The maximum Gasteiger partial charge on any atom is 0.460 e. The van der Waals surface area contributed by atoms with Gasteiger partial charge in [-0.1, -0.05) is 0 Å². The predicted octanol–water partition coefficient (Wildman–Crippen LogP) is 4.46. The van der Waals surface area contributed by atoms with Gasteiger partial charge in [0, 0.05) is 17.7 Å². The number of rotatable bonds is 7. The highest BCUT2D eigenvalue weighted by Crippen LogP contribution is 2.52. The third-order valence-corrected chi connectivity index (χ3v) is 4.32. The van der Waals surface area contributed by atoms with Crippen LogP contribution in [0.15, 0.2) is 24.3 Å². The molecule has 0 atom stereocenters. The largest absolute Gasteiger partial charge is 0.477 e. The fourth-order valence-corrected chi connectivity index (χ4v) is 2.66. The van der Waals surface area contributed by atoms with Gasteiger partial charge in [-0.3, -0.25) is 4.79 Å². The fraction of sp³-hybridized carbons (Fsp3) is 0.444. The molecule has 1 N–H and O–H groups in total. The van der Waals surface area contributed by atoms with Crippen molar-refractivity contribution in [3.8, 4) is 11.8 Å². The Bertz CT molecular complexity index is 916. The third kappa shape index (κ3) is 4.28. The highest BCUT2D eigenvalue weighted by Gasteiger charge is 2.73. The molecule has 1 aliphatic rings. The molecule has 0 radical (unpaired) electrons. The molecule has 2 rings (SSSR count). The first-order chi connectivity index (χ1) is 14.3. The minimum absolute atomic E-state index is 0.158.